The van der Waals surface area contributed by atoms with Gasteiger partial charge in [0.2, 0.25) is 0 Å². The van der Waals surface area contributed by atoms with Crippen LogP contribution in [0.4, 0.5) is 0 Å². The van der Waals surface area contributed by atoms with Crippen molar-refractivity contribution < 1.29 is 19.4 Å². The van der Waals surface area contributed by atoms with Gasteiger partial charge in [-0.05, 0) is 65.7 Å². The lowest BCUT2D eigenvalue weighted by atomic mass is 9.95. The van der Waals surface area contributed by atoms with Crippen molar-refractivity contribution in [2.24, 2.45) is 0 Å². The van der Waals surface area contributed by atoms with Gasteiger partial charge in [0.25, 0.3) is 11.7 Å². The van der Waals surface area contributed by atoms with Crippen molar-refractivity contribution >= 4 is 29.1 Å². The predicted octanol–water partition coefficient (Wildman–Crippen LogP) is 6.15. The zero-order valence-electron chi connectivity index (χ0n) is 19.0. The number of carbonyl (C=O) groups excluding carboxylic acids is 2. The average Bonchev–Trinajstić information content (AvgIpc) is 3.15. The number of carbonyl (C=O) groups is 2. The molecule has 7 heteroatoms. The number of nitrogens with zero attached hydrogens (tertiary/aromatic N) is 2. The fourth-order valence-corrected chi connectivity index (χ4v) is 4.34. The second-order valence-corrected chi connectivity index (χ2v) is 8.72. The third-order valence-corrected chi connectivity index (χ3v) is 6.14. The van der Waals surface area contributed by atoms with Crippen LogP contribution in [-0.4, -0.2) is 26.7 Å². The summed E-state index contributed by atoms with van der Waals surface area (Å²) in [6.45, 7) is 0.143. The fourth-order valence-electron chi connectivity index (χ4n) is 4.21. The van der Waals surface area contributed by atoms with E-state index in [2.05, 4.69) is 4.98 Å². The first kappa shape index (κ1) is 23.3. The van der Waals surface area contributed by atoms with Gasteiger partial charge >= 0.3 is 0 Å². The number of ether oxygens (including phenoxy) is 1. The Labute approximate surface area is 213 Å². The van der Waals surface area contributed by atoms with E-state index in [-0.39, 0.29) is 17.9 Å². The van der Waals surface area contributed by atoms with E-state index < -0.39 is 17.7 Å². The molecule has 1 fully saturated rings. The molecule has 1 aliphatic heterocycles. The Morgan fingerprint density at radius 1 is 0.917 bits per heavy atom. The van der Waals surface area contributed by atoms with Crippen molar-refractivity contribution in [3.63, 3.8) is 0 Å². The number of rotatable bonds is 6. The van der Waals surface area contributed by atoms with Gasteiger partial charge in [0, 0.05) is 29.5 Å². The van der Waals surface area contributed by atoms with Crippen molar-refractivity contribution in [1.82, 2.24) is 9.88 Å². The van der Waals surface area contributed by atoms with Gasteiger partial charge in [0.15, 0.2) is 0 Å². The monoisotopic (exact) mass is 496 g/mol. The summed E-state index contributed by atoms with van der Waals surface area (Å²) < 4.78 is 5.99. The Hall–Kier alpha value is -4.42. The van der Waals surface area contributed by atoms with Crippen molar-refractivity contribution in [2.75, 3.05) is 0 Å². The van der Waals surface area contributed by atoms with Gasteiger partial charge in [-0.15, -0.1) is 0 Å². The molecule has 0 bridgehead atoms. The van der Waals surface area contributed by atoms with Crippen LogP contribution < -0.4 is 4.74 Å². The highest BCUT2D eigenvalue weighted by Gasteiger charge is 2.46. The van der Waals surface area contributed by atoms with E-state index >= 15 is 0 Å². The van der Waals surface area contributed by atoms with E-state index in [0.29, 0.717) is 27.6 Å². The molecule has 6 nitrogen and oxygen atoms in total. The summed E-state index contributed by atoms with van der Waals surface area (Å²) in [6, 6.07) is 25.7. The molecule has 0 unspecified atom stereocenters. The SMILES string of the molecule is O=C1C(=O)N(Cc2cccnc2)[C@H](c2cccc(Oc3ccccc3)c2)/C1=C(\O)c1ccc(Cl)cc1. The van der Waals surface area contributed by atoms with Crippen molar-refractivity contribution in [3.8, 4) is 11.5 Å². The molecular weight excluding hydrogens is 476 g/mol. The number of Topliss-reactive ketones (excluding diaryl/α,β-unsaturated/α-hetero) is 1. The summed E-state index contributed by atoms with van der Waals surface area (Å²) in [5.74, 6) is -0.532. The Balaban J connectivity index is 1.61. The zero-order chi connectivity index (χ0) is 25.1. The zero-order valence-corrected chi connectivity index (χ0v) is 19.8. The first-order valence-corrected chi connectivity index (χ1v) is 11.6. The summed E-state index contributed by atoms with van der Waals surface area (Å²) in [5.41, 5.74) is 1.78. The lowest BCUT2D eigenvalue weighted by Crippen LogP contribution is -2.29. The number of para-hydroxylation sites is 1. The highest BCUT2D eigenvalue weighted by molar-refractivity contribution is 6.46. The third kappa shape index (κ3) is 4.72. The van der Waals surface area contributed by atoms with Gasteiger partial charge in [-0.2, -0.15) is 0 Å². The average molecular weight is 497 g/mol. The number of benzene rings is 3. The molecule has 1 aliphatic rings. The molecule has 1 N–H and O–H groups in total. The van der Waals surface area contributed by atoms with Gasteiger partial charge < -0.3 is 14.7 Å². The molecule has 178 valence electrons. The van der Waals surface area contributed by atoms with Crippen molar-refractivity contribution in [3.05, 3.63) is 131 Å². The maximum atomic E-state index is 13.3. The number of aliphatic hydroxyl groups is 1. The van der Waals surface area contributed by atoms with E-state index in [9.17, 15) is 14.7 Å². The quantitative estimate of drug-likeness (QED) is 0.197. The summed E-state index contributed by atoms with van der Waals surface area (Å²) >= 11 is 6.00. The van der Waals surface area contributed by atoms with Crippen LogP contribution in [0.5, 0.6) is 11.5 Å². The van der Waals surface area contributed by atoms with Gasteiger partial charge in [0.1, 0.15) is 17.3 Å². The number of halogens is 1. The highest BCUT2D eigenvalue weighted by atomic mass is 35.5. The molecule has 5 rings (SSSR count). The molecule has 3 aromatic carbocycles. The third-order valence-electron chi connectivity index (χ3n) is 5.89. The predicted molar refractivity (Wildman–Crippen MR) is 136 cm³/mol. The molecule has 1 amide bonds. The number of aliphatic hydroxyl groups excluding tert-OH is 1. The Kier molecular flexibility index (Phi) is 6.52. The van der Waals surface area contributed by atoms with E-state index in [4.69, 9.17) is 16.3 Å². The maximum Gasteiger partial charge on any atom is 0.295 e. The molecule has 0 saturated carbocycles. The van der Waals surface area contributed by atoms with Crippen LogP contribution in [-0.2, 0) is 16.1 Å². The van der Waals surface area contributed by atoms with Crippen LogP contribution in [0.1, 0.15) is 22.7 Å². The largest absolute Gasteiger partial charge is 0.507 e. The maximum absolute atomic E-state index is 13.3. The number of aromatic nitrogens is 1. The molecule has 1 atom stereocenters. The van der Waals surface area contributed by atoms with Gasteiger partial charge in [-0.1, -0.05) is 48.0 Å². The first-order chi connectivity index (χ1) is 17.5. The summed E-state index contributed by atoms with van der Waals surface area (Å²) in [4.78, 5) is 32.1. The molecule has 2 heterocycles. The van der Waals surface area contributed by atoms with E-state index in [0.717, 1.165) is 5.56 Å². The van der Waals surface area contributed by atoms with Gasteiger partial charge in [0.05, 0.1) is 11.6 Å². The Bertz CT molecular complexity index is 1440. The standard InChI is InChI=1S/C29H21ClN2O4/c30-22-13-11-20(12-14-22)27(33)25-26(32(29(35)28(25)34)18-19-6-5-15-31-17-19)21-7-4-10-24(16-21)36-23-8-2-1-3-9-23/h1-17,26,33H,18H2/b27-25+/t26-/m1/s1. The van der Waals surface area contributed by atoms with E-state index in [1.54, 1.807) is 67.0 Å². The van der Waals surface area contributed by atoms with Crippen molar-refractivity contribution in [2.45, 2.75) is 12.6 Å². The smallest absolute Gasteiger partial charge is 0.295 e. The normalized spacial score (nSPS) is 16.8. The fraction of sp³-hybridized carbons (Fsp3) is 0.0690. The molecule has 0 spiro atoms. The van der Waals surface area contributed by atoms with Crippen LogP contribution in [0.2, 0.25) is 5.02 Å². The molecular formula is C29H21ClN2O4. The van der Waals surface area contributed by atoms with E-state index in [1.807, 2.05) is 36.4 Å². The number of ketones is 1. The molecule has 1 aromatic heterocycles. The number of hydrogen-bond donors (Lipinski definition) is 1. The minimum absolute atomic E-state index is 0.00285. The summed E-state index contributed by atoms with van der Waals surface area (Å²) in [5, 5.41) is 11.7. The molecule has 36 heavy (non-hydrogen) atoms. The number of hydrogen-bond acceptors (Lipinski definition) is 5. The lowest BCUT2D eigenvalue weighted by Gasteiger charge is -2.25. The molecule has 0 radical (unpaired) electrons. The highest BCUT2D eigenvalue weighted by Crippen LogP contribution is 2.41. The molecule has 1 saturated heterocycles. The Morgan fingerprint density at radius 3 is 2.39 bits per heavy atom. The van der Waals surface area contributed by atoms with E-state index in [1.165, 1.54) is 4.90 Å². The van der Waals surface area contributed by atoms with Crippen LogP contribution in [0, 0.1) is 0 Å². The Morgan fingerprint density at radius 2 is 1.67 bits per heavy atom. The molecule has 4 aromatic rings. The minimum Gasteiger partial charge on any atom is -0.507 e. The minimum atomic E-state index is -0.833. The lowest BCUT2D eigenvalue weighted by molar-refractivity contribution is -0.140. The number of pyridine rings is 1. The first-order valence-electron chi connectivity index (χ1n) is 11.3. The number of amides is 1. The molecule has 0 aliphatic carbocycles. The second-order valence-electron chi connectivity index (χ2n) is 8.28. The summed E-state index contributed by atoms with van der Waals surface area (Å²) in [6.07, 6.45) is 3.28. The van der Waals surface area contributed by atoms with Crippen LogP contribution in [0.3, 0.4) is 0 Å². The second kappa shape index (κ2) is 10.1. The summed E-state index contributed by atoms with van der Waals surface area (Å²) in [7, 11) is 0. The van der Waals surface area contributed by atoms with Crippen LogP contribution >= 0.6 is 11.6 Å². The van der Waals surface area contributed by atoms with Crippen LogP contribution in [0.15, 0.2) is 109 Å². The van der Waals surface area contributed by atoms with Gasteiger partial charge in [-0.25, -0.2) is 0 Å². The topological polar surface area (TPSA) is 79.7 Å². The number of likely N-dealkylation sites (tertiary alicyclic amines) is 1. The van der Waals surface area contributed by atoms with Gasteiger partial charge in [-0.3, -0.25) is 14.6 Å². The van der Waals surface area contributed by atoms with Crippen LogP contribution in [0.25, 0.3) is 5.76 Å². The van der Waals surface area contributed by atoms with Crippen molar-refractivity contribution in [1.29, 1.82) is 0 Å².